The van der Waals surface area contributed by atoms with Crippen LogP contribution in [0.15, 0.2) is 24.3 Å². The summed E-state index contributed by atoms with van der Waals surface area (Å²) in [6, 6.07) is 7.65. The molecule has 0 aliphatic carbocycles. The summed E-state index contributed by atoms with van der Waals surface area (Å²) in [5, 5.41) is 10.6. The van der Waals surface area contributed by atoms with Gasteiger partial charge in [0.25, 0.3) is 0 Å². The Morgan fingerprint density at radius 2 is 2.11 bits per heavy atom. The van der Waals surface area contributed by atoms with Crippen LogP contribution in [0.1, 0.15) is 5.01 Å². The fraction of sp³-hybridized carbons (Fsp3) is 0.364. The largest absolute Gasteiger partial charge is 0.748 e. The normalized spacial score (nSPS) is 13.9. The number of rotatable bonds is 4. The Kier molecular flexibility index (Phi) is 3.67. The Hall–Kier alpha value is -1.02. The number of nitrogens with zero attached hydrogens (tertiary/aromatic N) is 1. The average molecular weight is 287 g/mol. The lowest BCUT2D eigenvalue weighted by Crippen LogP contribution is -2.43. The van der Waals surface area contributed by atoms with Crippen molar-refractivity contribution in [3.63, 3.8) is 0 Å². The summed E-state index contributed by atoms with van der Waals surface area (Å²) < 4.78 is 34.7. The van der Waals surface area contributed by atoms with Crippen molar-refractivity contribution in [2.45, 2.75) is 19.6 Å². The summed E-state index contributed by atoms with van der Waals surface area (Å²) >= 11 is 1.56. The molecule has 5 nitrogen and oxygen atoms in total. The molecular weight excluding hydrogens is 274 g/mol. The van der Waals surface area contributed by atoms with Crippen molar-refractivity contribution >= 4 is 31.7 Å². The fourth-order valence-corrected chi connectivity index (χ4v) is 3.48. The SMILES string of the molecule is Cc1sc2ccccc2[n+]1C[C@H](O)CS(=O)(=O)[O-]. The van der Waals surface area contributed by atoms with E-state index in [2.05, 4.69) is 0 Å². The minimum Gasteiger partial charge on any atom is -0.748 e. The summed E-state index contributed by atoms with van der Waals surface area (Å²) in [6.45, 7) is 2.00. The number of aryl methyl sites for hydroxylation is 1. The van der Waals surface area contributed by atoms with Crippen LogP contribution in [-0.2, 0) is 16.7 Å². The van der Waals surface area contributed by atoms with Crippen molar-refractivity contribution in [1.82, 2.24) is 0 Å². The number of aliphatic hydroxyl groups is 1. The molecule has 0 amide bonds. The highest BCUT2D eigenvalue weighted by atomic mass is 32.2. The summed E-state index contributed by atoms with van der Waals surface area (Å²) in [7, 11) is -4.40. The van der Waals surface area contributed by atoms with Gasteiger partial charge in [0.1, 0.15) is 10.8 Å². The van der Waals surface area contributed by atoms with Gasteiger partial charge in [-0.15, -0.1) is 0 Å². The maximum atomic E-state index is 10.6. The lowest BCUT2D eigenvalue weighted by atomic mass is 10.3. The number of thiazole rings is 1. The molecule has 0 fully saturated rings. The van der Waals surface area contributed by atoms with Crippen LogP contribution in [0.5, 0.6) is 0 Å². The van der Waals surface area contributed by atoms with Gasteiger partial charge in [0.05, 0.1) is 15.9 Å². The third-order valence-corrected chi connectivity index (χ3v) is 4.46. The Bertz CT molecular complexity index is 663. The van der Waals surface area contributed by atoms with Crippen LogP contribution in [0.2, 0.25) is 0 Å². The van der Waals surface area contributed by atoms with E-state index in [-0.39, 0.29) is 6.54 Å². The Morgan fingerprint density at radius 1 is 1.44 bits per heavy atom. The zero-order valence-electron chi connectivity index (χ0n) is 9.74. The van der Waals surface area contributed by atoms with Gasteiger partial charge in [-0.2, -0.15) is 4.57 Å². The van der Waals surface area contributed by atoms with E-state index in [1.807, 2.05) is 35.8 Å². The molecule has 0 aliphatic heterocycles. The second kappa shape index (κ2) is 4.93. The van der Waals surface area contributed by atoms with E-state index >= 15 is 0 Å². The van der Waals surface area contributed by atoms with Crippen molar-refractivity contribution in [3.05, 3.63) is 29.3 Å². The summed E-state index contributed by atoms with van der Waals surface area (Å²) in [4.78, 5) is 0. The van der Waals surface area contributed by atoms with Crippen LogP contribution >= 0.6 is 11.3 Å². The van der Waals surface area contributed by atoms with Crippen LogP contribution in [0.4, 0.5) is 0 Å². The van der Waals surface area contributed by atoms with Crippen molar-refractivity contribution in [2.24, 2.45) is 0 Å². The van der Waals surface area contributed by atoms with Crippen LogP contribution < -0.4 is 4.57 Å². The monoisotopic (exact) mass is 287 g/mol. The van der Waals surface area contributed by atoms with E-state index in [1.165, 1.54) is 0 Å². The van der Waals surface area contributed by atoms with E-state index < -0.39 is 22.0 Å². The van der Waals surface area contributed by atoms with Gasteiger partial charge < -0.3 is 9.66 Å². The quantitative estimate of drug-likeness (QED) is 0.652. The highest BCUT2D eigenvalue weighted by Gasteiger charge is 2.21. The number of para-hydroxylation sites is 1. The van der Waals surface area contributed by atoms with Gasteiger partial charge in [0.2, 0.25) is 10.5 Å². The molecule has 0 saturated carbocycles. The van der Waals surface area contributed by atoms with Gasteiger partial charge in [0, 0.05) is 13.0 Å². The Balaban J connectivity index is 2.29. The first kappa shape index (κ1) is 13.4. The molecule has 0 unspecified atom stereocenters. The molecule has 98 valence electrons. The van der Waals surface area contributed by atoms with Crippen molar-refractivity contribution in [1.29, 1.82) is 0 Å². The van der Waals surface area contributed by atoms with E-state index in [0.717, 1.165) is 15.2 Å². The molecule has 18 heavy (non-hydrogen) atoms. The maximum Gasteiger partial charge on any atom is 0.235 e. The highest BCUT2D eigenvalue weighted by molar-refractivity contribution is 7.85. The van der Waals surface area contributed by atoms with E-state index in [1.54, 1.807) is 11.3 Å². The van der Waals surface area contributed by atoms with Gasteiger partial charge >= 0.3 is 0 Å². The van der Waals surface area contributed by atoms with Crippen LogP contribution in [0, 0.1) is 6.92 Å². The number of aliphatic hydroxyl groups excluding tert-OH is 1. The van der Waals surface area contributed by atoms with Gasteiger partial charge in [0.15, 0.2) is 6.54 Å². The molecule has 2 aromatic rings. The molecule has 1 aromatic carbocycles. The standard InChI is InChI=1S/C11H13NO4S2/c1-8-12(6-9(13)7-18(14,15)16)10-4-2-3-5-11(10)17-8/h2-5,9,13H,6-7H2,1H3/t9-/m0/s1. The third kappa shape index (κ3) is 3.05. The van der Waals surface area contributed by atoms with E-state index in [4.69, 9.17) is 0 Å². The number of benzene rings is 1. The third-order valence-electron chi connectivity index (χ3n) is 2.58. The molecule has 2 rings (SSSR count). The Morgan fingerprint density at radius 3 is 2.78 bits per heavy atom. The molecular formula is C11H13NO4S2. The lowest BCUT2D eigenvalue weighted by Gasteiger charge is -2.10. The van der Waals surface area contributed by atoms with E-state index in [9.17, 15) is 18.1 Å². The molecule has 0 aliphatic rings. The zero-order chi connectivity index (χ0) is 13.3. The number of aromatic nitrogens is 1. The number of hydrogen-bond donors (Lipinski definition) is 1. The van der Waals surface area contributed by atoms with Crippen LogP contribution in [0.25, 0.3) is 10.2 Å². The van der Waals surface area contributed by atoms with Gasteiger partial charge in [-0.05, 0) is 6.07 Å². The number of fused-ring (bicyclic) bond motifs is 1. The summed E-state index contributed by atoms with van der Waals surface area (Å²) in [6.07, 6.45) is -1.19. The molecule has 0 bridgehead atoms. The second-order valence-corrected chi connectivity index (χ2v) is 6.76. The first-order valence-electron chi connectivity index (χ1n) is 5.36. The minimum absolute atomic E-state index is 0.108. The van der Waals surface area contributed by atoms with Crippen molar-refractivity contribution in [3.8, 4) is 0 Å². The lowest BCUT2D eigenvalue weighted by molar-refractivity contribution is -0.679. The minimum atomic E-state index is -4.40. The first-order valence-corrected chi connectivity index (χ1v) is 7.76. The molecule has 1 atom stereocenters. The van der Waals surface area contributed by atoms with Gasteiger partial charge in [-0.1, -0.05) is 23.5 Å². The predicted molar refractivity (Wildman–Crippen MR) is 67.3 cm³/mol. The highest BCUT2D eigenvalue weighted by Crippen LogP contribution is 2.19. The van der Waals surface area contributed by atoms with Crippen molar-refractivity contribution < 1.29 is 22.6 Å². The predicted octanol–water partition coefficient (Wildman–Crippen LogP) is 0.403. The smallest absolute Gasteiger partial charge is 0.235 e. The molecule has 0 radical (unpaired) electrons. The summed E-state index contributed by atoms with van der Waals surface area (Å²) in [5.41, 5.74) is 0.933. The molecule has 0 saturated heterocycles. The van der Waals surface area contributed by atoms with Crippen LogP contribution in [-0.4, -0.2) is 29.9 Å². The van der Waals surface area contributed by atoms with Gasteiger partial charge in [-0.25, -0.2) is 8.42 Å². The van der Waals surface area contributed by atoms with Crippen molar-refractivity contribution in [2.75, 3.05) is 5.75 Å². The second-order valence-electron chi connectivity index (χ2n) is 4.08. The topological polar surface area (TPSA) is 81.3 Å². The Labute approximate surface area is 109 Å². The zero-order valence-corrected chi connectivity index (χ0v) is 11.4. The van der Waals surface area contributed by atoms with Crippen LogP contribution in [0.3, 0.4) is 0 Å². The maximum absolute atomic E-state index is 10.6. The van der Waals surface area contributed by atoms with Gasteiger partial charge in [-0.3, -0.25) is 0 Å². The number of hydrogen-bond acceptors (Lipinski definition) is 5. The molecule has 7 heteroatoms. The first-order chi connectivity index (χ1) is 8.37. The molecule has 1 heterocycles. The molecule has 0 spiro atoms. The summed E-state index contributed by atoms with van der Waals surface area (Å²) in [5.74, 6) is -0.760. The average Bonchev–Trinajstić information content (AvgIpc) is 2.53. The fourth-order valence-electron chi connectivity index (χ4n) is 1.88. The molecule has 1 N–H and O–H groups in total. The van der Waals surface area contributed by atoms with E-state index in [0.29, 0.717) is 0 Å². The molecule has 1 aromatic heterocycles.